The SMILES string of the molecule is CCS[C@H]1CC[C@@H](NC(=O)N2CCCN(CC(F)F)CC2)C1. The van der Waals surface area contributed by atoms with Crippen molar-refractivity contribution in [2.24, 2.45) is 0 Å². The van der Waals surface area contributed by atoms with E-state index in [1.807, 2.05) is 11.8 Å². The second-order valence-electron chi connectivity index (χ2n) is 6.07. The molecule has 1 saturated carbocycles. The molecule has 1 heterocycles. The zero-order chi connectivity index (χ0) is 15.9. The number of halogens is 2. The summed E-state index contributed by atoms with van der Waals surface area (Å²) >= 11 is 1.97. The summed E-state index contributed by atoms with van der Waals surface area (Å²) in [4.78, 5) is 15.9. The number of nitrogens with one attached hydrogen (secondary N) is 1. The summed E-state index contributed by atoms with van der Waals surface area (Å²) in [5.41, 5.74) is 0. The number of thioether (sulfide) groups is 1. The number of nitrogens with zero attached hydrogens (tertiary/aromatic N) is 2. The molecular formula is C15H27F2N3OS. The molecule has 4 nitrogen and oxygen atoms in total. The fourth-order valence-electron chi connectivity index (χ4n) is 3.28. The van der Waals surface area contributed by atoms with Gasteiger partial charge >= 0.3 is 6.03 Å². The Morgan fingerprint density at radius 2 is 2.09 bits per heavy atom. The summed E-state index contributed by atoms with van der Waals surface area (Å²) in [7, 11) is 0. The van der Waals surface area contributed by atoms with Gasteiger partial charge in [-0.3, -0.25) is 4.90 Å². The molecule has 0 aromatic rings. The van der Waals surface area contributed by atoms with Crippen molar-refractivity contribution >= 4 is 17.8 Å². The van der Waals surface area contributed by atoms with Crippen LogP contribution in [0.3, 0.4) is 0 Å². The van der Waals surface area contributed by atoms with Gasteiger partial charge in [-0.05, 0) is 31.4 Å². The maximum Gasteiger partial charge on any atom is 0.317 e. The zero-order valence-corrected chi connectivity index (χ0v) is 14.1. The lowest BCUT2D eigenvalue weighted by molar-refractivity contribution is 0.0903. The maximum absolute atomic E-state index is 12.4. The topological polar surface area (TPSA) is 35.6 Å². The van der Waals surface area contributed by atoms with Crippen LogP contribution in [0.2, 0.25) is 0 Å². The molecule has 1 aliphatic heterocycles. The van der Waals surface area contributed by atoms with E-state index in [9.17, 15) is 13.6 Å². The van der Waals surface area contributed by atoms with Crippen molar-refractivity contribution in [2.75, 3.05) is 38.5 Å². The van der Waals surface area contributed by atoms with E-state index >= 15 is 0 Å². The summed E-state index contributed by atoms with van der Waals surface area (Å²) in [6.07, 6.45) is 1.74. The molecule has 0 radical (unpaired) electrons. The maximum atomic E-state index is 12.4. The number of rotatable bonds is 5. The summed E-state index contributed by atoms with van der Waals surface area (Å²) in [5.74, 6) is 1.12. The van der Waals surface area contributed by atoms with Crippen LogP contribution in [0.1, 0.15) is 32.6 Å². The number of hydrogen-bond acceptors (Lipinski definition) is 3. The van der Waals surface area contributed by atoms with Crippen molar-refractivity contribution in [1.82, 2.24) is 15.1 Å². The largest absolute Gasteiger partial charge is 0.335 e. The van der Waals surface area contributed by atoms with Gasteiger partial charge in [0, 0.05) is 37.5 Å². The van der Waals surface area contributed by atoms with E-state index < -0.39 is 6.43 Å². The van der Waals surface area contributed by atoms with Crippen LogP contribution in [0.15, 0.2) is 0 Å². The molecule has 2 aliphatic rings. The first-order valence-corrected chi connectivity index (χ1v) is 9.31. The smallest absolute Gasteiger partial charge is 0.317 e. The summed E-state index contributed by atoms with van der Waals surface area (Å²) in [5, 5.41) is 3.79. The van der Waals surface area contributed by atoms with Gasteiger partial charge in [-0.1, -0.05) is 6.92 Å². The molecule has 0 unspecified atom stereocenters. The van der Waals surface area contributed by atoms with Gasteiger partial charge < -0.3 is 10.2 Å². The number of amides is 2. The van der Waals surface area contributed by atoms with Gasteiger partial charge in [-0.15, -0.1) is 0 Å². The quantitative estimate of drug-likeness (QED) is 0.839. The molecule has 2 fully saturated rings. The Kier molecular flexibility index (Phi) is 7.21. The van der Waals surface area contributed by atoms with Gasteiger partial charge in [0.25, 0.3) is 6.43 Å². The first-order chi connectivity index (χ1) is 10.6. The molecule has 2 amide bonds. The molecule has 0 bridgehead atoms. The number of hydrogen-bond donors (Lipinski definition) is 1. The van der Waals surface area contributed by atoms with Gasteiger partial charge in [-0.2, -0.15) is 11.8 Å². The first-order valence-electron chi connectivity index (χ1n) is 8.26. The molecule has 7 heteroatoms. The van der Waals surface area contributed by atoms with Crippen LogP contribution < -0.4 is 5.32 Å². The predicted molar refractivity (Wildman–Crippen MR) is 86.7 cm³/mol. The zero-order valence-electron chi connectivity index (χ0n) is 13.3. The Labute approximate surface area is 136 Å². The Morgan fingerprint density at radius 3 is 2.82 bits per heavy atom. The van der Waals surface area contributed by atoms with E-state index in [-0.39, 0.29) is 18.6 Å². The third-order valence-electron chi connectivity index (χ3n) is 4.39. The van der Waals surface area contributed by atoms with Crippen molar-refractivity contribution in [3.8, 4) is 0 Å². The monoisotopic (exact) mass is 335 g/mol. The van der Waals surface area contributed by atoms with Crippen molar-refractivity contribution in [3.05, 3.63) is 0 Å². The minimum absolute atomic E-state index is 0.0222. The lowest BCUT2D eigenvalue weighted by Crippen LogP contribution is -2.45. The highest BCUT2D eigenvalue weighted by molar-refractivity contribution is 7.99. The lowest BCUT2D eigenvalue weighted by atomic mass is 10.2. The average molecular weight is 335 g/mol. The van der Waals surface area contributed by atoms with Crippen molar-refractivity contribution in [2.45, 2.75) is 50.3 Å². The second-order valence-corrected chi connectivity index (χ2v) is 7.65. The van der Waals surface area contributed by atoms with Crippen LogP contribution in [0.25, 0.3) is 0 Å². The van der Waals surface area contributed by atoms with E-state index in [0.717, 1.165) is 25.0 Å². The summed E-state index contributed by atoms with van der Waals surface area (Å²) in [6.45, 7) is 4.36. The van der Waals surface area contributed by atoms with Crippen molar-refractivity contribution < 1.29 is 13.6 Å². The highest BCUT2D eigenvalue weighted by atomic mass is 32.2. The lowest BCUT2D eigenvalue weighted by Gasteiger charge is -2.24. The molecule has 1 N–H and O–H groups in total. The summed E-state index contributed by atoms with van der Waals surface area (Å²) in [6, 6.07) is 0.253. The molecule has 22 heavy (non-hydrogen) atoms. The highest BCUT2D eigenvalue weighted by Crippen LogP contribution is 2.29. The fourth-order valence-corrected chi connectivity index (χ4v) is 4.42. The van der Waals surface area contributed by atoms with Crippen LogP contribution in [0.5, 0.6) is 0 Å². The van der Waals surface area contributed by atoms with Gasteiger partial charge in [-0.25, -0.2) is 13.6 Å². The molecular weight excluding hydrogens is 308 g/mol. The van der Waals surface area contributed by atoms with Crippen molar-refractivity contribution in [3.63, 3.8) is 0 Å². The number of urea groups is 1. The molecule has 2 rings (SSSR count). The van der Waals surface area contributed by atoms with E-state index in [1.54, 1.807) is 9.80 Å². The third kappa shape index (κ3) is 5.57. The molecule has 2 atom stereocenters. The second kappa shape index (κ2) is 8.91. The molecule has 1 aliphatic carbocycles. The van der Waals surface area contributed by atoms with E-state index in [0.29, 0.717) is 31.4 Å². The molecule has 0 aromatic heterocycles. The molecule has 0 aromatic carbocycles. The van der Waals surface area contributed by atoms with E-state index in [1.165, 1.54) is 6.42 Å². The number of carbonyl (C=O) groups is 1. The summed E-state index contributed by atoms with van der Waals surface area (Å²) < 4.78 is 24.9. The molecule has 128 valence electrons. The van der Waals surface area contributed by atoms with Crippen LogP contribution >= 0.6 is 11.8 Å². The first kappa shape index (κ1) is 17.8. The van der Waals surface area contributed by atoms with Crippen LogP contribution in [0.4, 0.5) is 13.6 Å². The number of alkyl halides is 2. The Balaban J connectivity index is 1.73. The fraction of sp³-hybridized carbons (Fsp3) is 0.933. The van der Waals surface area contributed by atoms with Crippen molar-refractivity contribution in [1.29, 1.82) is 0 Å². The standard InChI is InChI=1S/C15H27F2N3OS/c1-2-22-13-5-4-12(10-13)18-15(21)20-7-3-6-19(8-9-20)11-14(16)17/h12-14H,2-11H2,1H3,(H,18,21)/t12-,13+/m1/s1. The average Bonchev–Trinajstić information content (AvgIpc) is 2.76. The predicted octanol–water partition coefficient (Wildman–Crippen LogP) is 2.64. The van der Waals surface area contributed by atoms with Crippen LogP contribution in [0, 0.1) is 0 Å². The minimum atomic E-state index is -2.30. The highest BCUT2D eigenvalue weighted by Gasteiger charge is 2.28. The Hall–Kier alpha value is -0.560. The minimum Gasteiger partial charge on any atom is -0.335 e. The molecule has 0 spiro atoms. The Morgan fingerprint density at radius 1 is 1.27 bits per heavy atom. The van der Waals surface area contributed by atoms with Gasteiger partial charge in [0.15, 0.2) is 0 Å². The van der Waals surface area contributed by atoms with Crippen LogP contribution in [-0.2, 0) is 0 Å². The van der Waals surface area contributed by atoms with Crippen LogP contribution in [-0.4, -0.2) is 72.0 Å². The van der Waals surface area contributed by atoms with Gasteiger partial charge in [0.1, 0.15) is 0 Å². The van der Waals surface area contributed by atoms with Gasteiger partial charge in [0.05, 0.1) is 6.54 Å². The Bertz CT molecular complexity index is 360. The molecule has 1 saturated heterocycles. The third-order valence-corrected chi connectivity index (χ3v) is 5.62. The van der Waals surface area contributed by atoms with E-state index in [4.69, 9.17) is 0 Å². The van der Waals surface area contributed by atoms with Gasteiger partial charge in [0.2, 0.25) is 0 Å². The van der Waals surface area contributed by atoms with E-state index in [2.05, 4.69) is 12.2 Å². The number of carbonyl (C=O) groups excluding carboxylic acids is 1. The normalized spacial score (nSPS) is 27.2.